The fourth-order valence-electron chi connectivity index (χ4n) is 1.73. The van der Waals surface area contributed by atoms with Gasteiger partial charge in [-0.15, -0.1) is 11.6 Å². The van der Waals surface area contributed by atoms with E-state index in [1.807, 2.05) is 13.8 Å². The molecule has 98 valence electrons. The van der Waals surface area contributed by atoms with Gasteiger partial charge in [0.15, 0.2) is 11.5 Å². The highest BCUT2D eigenvalue weighted by Gasteiger charge is 2.21. The number of hydrogen-bond donors (Lipinski definition) is 1. The molecule has 0 radical (unpaired) electrons. The van der Waals surface area contributed by atoms with Crippen LogP contribution in [0.2, 0.25) is 0 Å². The van der Waals surface area contributed by atoms with Crippen molar-refractivity contribution in [3.8, 4) is 11.5 Å². The SMILES string of the molecule is CC(C)NC(=O)C(Cl)c1ccc2c(c1)OCCO2. The average molecular weight is 270 g/mol. The number of alkyl halides is 1. The third-order valence-electron chi connectivity index (χ3n) is 2.52. The smallest absolute Gasteiger partial charge is 0.242 e. The van der Waals surface area contributed by atoms with Crippen molar-refractivity contribution in [2.45, 2.75) is 25.3 Å². The van der Waals surface area contributed by atoms with E-state index in [1.165, 1.54) is 0 Å². The molecular formula is C13H16ClNO3. The number of hydrogen-bond acceptors (Lipinski definition) is 3. The molecule has 0 saturated carbocycles. The minimum absolute atomic E-state index is 0.0657. The van der Waals surface area contributed by atoms with E-state index < -0.39 is 5.38 Å². The Morgan fingerprint density at radius 2 is 1.94 bits per heavy atom. The highest BCUT2D eigenvalue weighted by molar-refractivity contribution is 6.30. The summed E-state index contributed by atoms with van der Waals surface area (Å²) in [5.41, 5.74) is 0.707. The molecule has 1 aromatic rings. The van der Waals surface area contributed by atoms with E-state index in [4.69, 9.17) is 21.1 Å². The lowest BCUT2D eigenvalue weighted by molar-refractivity contribution is -0.121. The second-order valence-electron chi connectivity index (χ2n) is 4.43. The normalized spacial score (nSPS) is 15.3. The number of ether oxygens (including phenoxy) is 2. The van der Waals surface area contributed by atoms with Crippen molar-refractivity contribution in [1.29, 1.82) is 0 Å². The number of fused-ring (bicyclic) bond motifs is 1. The standard InChI is InChI=1S/C13H16ClNO3/c1-8(2)15-13(16)12(14)9-3-4-10-11(7-9)18-6-5-17-10/h3-4,7-8,12H,5-6H2,1-2H3,(H,15,16). The van der Waals surface area contributed by atoms with Gasteiger partial charge in [-0.05, 0) is 31.5 Å². The van der Waals surface area contributed by atoms with E-state index in [2.05, 4.69) is 5.32 Å². The summed E-state index contributed by atoms with van der Waals surface area (Å²) < 4.78 is 10.9. The van der Waals surface area contributed by atoms with E-state index in [0.717, 1.165) is 0 Å². The number of amides is 1. The van der Waals surface area contributed by atoms with E-state index in [-0.39, 0.29) is 11.9 Å². The summed E-state index contributed by atoms with van der Waals surface area (Å²) in [6, 6.07) is 5.38. The third kappa shape index (κ3) is 2.88. The number of rotatable bonds is 3. The van der Waals surface area contributed by atoms with Crippen LogP contribution in [0.3, 0.4) is 0 Å². The monoisotopic (exact) mass is 269 g/mol. The molecule has 1 N–H and O–H groups in total. The maximum atomic E-state index is 11.8. The fraction of sp³-hybridized carbons (Fsp3) is 0.462. The highest BCUT2D eigenvalue weighted by Crippen LogP contribution is 2.34. The molecule has 1 amide bonds. The molecule has 2 rings (SSSR count). The maximum absolute atomic E-state index is 11.8. The van der Waals surface area contributed by atoms with Crippen LogP contribution in [0.25, 0.3) is 0 Å². The first kappa shape index (κ1) is 13.0. The summed E-state index contributed by atoms with van der Waals surface area (Å²) in [5.74, 6) is 1.13. The van der Waals surface area contributed by atoms with Crippen molar-refractivity contribution in [2.75, 3.05) is 13.2 Å². The van der Waals surface area contributed by atoms with Gasteiger partial charge < -0.3 is 14.8 Å². The average Bonchev–Trinajstić information content (AvgIpc) is 2.36. The Morgan fingerprint density at radius 3 is 2.61 bits per heavy atom. The lowest BCUT2D eigenvalue weighted by Crippen LogP contribution is -2.32. The molecule has 0 fully saturated rings. The number of benzene rings is 1. The molecule has 5 heteroatoms. The van der Waals surface area contributed by atoms with Crippen LogP contribution in [0.5, 0.6) is 11.5 Å². The van der Waals surface area contributed by atoms with Crippen LogP contribution < -0.4 is 14.8 Å². The molecule has 0 aliphatic carbocycles. The van der Waals surface area contributed by atoms with Gasteiger partial charge in [0.1, 0.15) is 18.6 Å². The van der Waals surface area contributed by atoms with Gasteiger partial charge in [-0.2, -0.15) is 0 Å². The van der Waals surface area contributed by atoms with Crippen LogP contribution in [0.4, 0.5) is 0 Å². The van der Waals surface area contributed by atoms with Crippen molar-refractivity contribution in [3.63, 3.8) is 0 Å². The molecule has 1 aliphatic heterocycles. The first-order chi connectivity index (χ1) is 8.58. The van der Waals surface area contributed by atoms with Crippen LogP contribution in [0, 0.1) is 0 Å². The predicted octanol–water partition coefficient (Wildman–Crippen LogP) is 2.26. The predicted molar refractivity (Wildman–Crippen MR) is 69.3 cm³/mol. The quantitative estimate of drug-likeness (QED) is 0.857. The largest absolute Gasteiger partial charge is 0.486 e. The van der Waals surface area contributed by atoms with Gasteiger partial charge in [-0.1, -0.05) is 6.07 Å². The summed E-state index contributed by atoms with van der Waals surface area (Å²) in [5, 5.41) is 2.06. The van der Waals surface area contributed by atoms with Crippen LogP contribution in [0.1, 0.15) is 24.8 Å². The third-order valence-corrected chi connectivity index (χ3v) is 2.97. The summed E-state index contributed by atoms with van der Waals surface area (Å²) in [6.07, 6.45) is 0. The molecule has 1 heterocycles. The Labute approximate surface area is 111 Å². The summed E-state index contributed by atoms with van der Waals surface area (Å²) in [6.45, 7) is 4.85. The van der Waals surface area contributed by atoms with Gasteiger partial charge in [0.2, 0.25) is 5.91 Å². The fourth-order valence-corrected chi connectivity index (χ4v) is 1.93. The van der Waals surface area contributed by atoms with Crippen molar-refractivity contribution < 1.29 is 14.3 Å². The van der Waals surface area contributed by atoms with Crippen molar-refractivity contribution in [1.82, 2.24) is 5.32 Å². The van der Waals surface area contributed by atoms with Gasteiger partial charge in [0, 0.05) is 6.04 Å². The number of halogens is 1. The van der Waals surface area contributed by atoms with Gasteiger partial charge >= 0.3 is 0 Å². The Kier molecular flexibility index (Phi) is 3.97. The Hall–Kier alpha value is -1.42. The van der Waals surface area contributed by atoms with Gasteiger partial charge in [0.05, 0.1) is 0 Å². The van der Waals surface area contributed by atoms with E-state index in [0.29, 0.717) is 30.3 Å². The second-order valence-corrected chi connectivity index (χ2v) is 4.87. The summed E-state index contributed by atoms with van der Waals surface area (Å²) in [7, 11) is 0. The number of carbonyl (C=O) groups excluding carboxylic acids is 1. The van der Waals surface area contributed by atoms with Crippen molar-refractivity contribution in [3.05, 3.63) is 23.8 Å². The Bertz CT molecular complexity index is 448. The van der Waals surface area contributed by atoms with Gasteiger partial charge in [-0.25, -0.2) is 0 Å². The molecule has 0 spiro atoms. The highest BCUT2D eigenvalue weighted by atomic mass is 35.5. The molecule has 0 saturated heterocycles. The van der Waals surface area contributed by atoms with E-state index >= 15 is 0 Å². The van der Waals surface area contributed by atoms with Crippen LogP contribution >= 0.6 is 11.6 Å². The van der Waals surface area contributed by atoms with Gasteiger partial charge in [-0.3, -0.25) is 4.79 Å². The van der Waals surface area contributed by atoms with Crippen LogP contribution in [-0.4, -0.2) is 25.2 Å². The lowest BCUT2D eigenvalue weighted by Gasteiger charge is -2.20. The molecule has 1 aromatic carbocycles. The zero-order valence-corrected chi connectivity index (χ0v) is 11.2. The first-order valence-electron chi connectivity index (χ1n) is 5.92. The number of carbonyl (C=O) groups is 1. The first-order valence-corrected chi connectivity index (χ1v) is 6.35. The van der Waals surface area contributed by atoms with E-state index in [9.17, 15) is 4.79 Å². The van der Waals surface area contributed by atoms with Crippen molar-refractivity contribution in [2.24, 2.45) is 0 Å². The molecule has 0 aromatic heterocycles. The summed E-state index contributed by atoms with van der Waals surface area (Å²) in [4.78, 5) is 11.8. The van der Waals surface area contributed by atoms with Crippen LogP contribution in [-0.2, 0) is 4.79 Å². The summed E-state index contributed by atoms with van der Waals surface area (Å²) >= 11 is 6.13. The van der Waals surface area contributed by atoms with Gasteiger partial charge in [0.25, 0.3) is 0 Å². The van der Waals surface area contributed by atoms with Crippen molar-refractivity contribution >= 4 is 17.5 Å². The molecule has 1 unspecified atom stereocenters. The molecule has 4 nitrogen and oxygen atoms in total. The molecule has 18 heavy (non-hydrogen) atoms. The lowest BCUT2D eigenvalue weighted by atomic mass is 10.1. The zero-order valence-electron chi connectivity index (χ0n) is 10.4. The minimum atomic E-state index is -0.719. The Balaban J connectivity index is 2.15. The molecule has 1 atom stereocenters. The maximum Gasteiger partial charge on any atom is 0.242 e. The molecule has 1 aliphatic rings. The number of nitrogens with one attached hydrogen (secondary N) is 1. The Morgan fingerprint density at radius 1 is 1.28 bits per heavy atom. The zero-order chi connectivity index (χ0) is 13.1. The second kappa shape index (κ2) is 5.48. The van der Waals surface area contributed by atoms with E-state index in [1.54, 1.807) is 18.2 Å². The topological polar surface area (TPSA) is 47.6 Å². The van der Waals surface area contributed by atoms with Crippen LogP contribution in [0.15, 0.2) is 18.2 Å². The minimum Gasteiger partial charge on any atom is -0.486 e. The molecular weight excluding hydrogens is 254 g/mol. The molecule has 0 bridgehead atoms.